The Kier molecular flexibility index (Phi) is 3.47. The molecule has 0 amide bonds. The van der Waals surface area contributed by atoms with Crippen LogP contribution in [0.25, 0.3) is 10.6 Å². The van der Waals surface area contributed by atoms with Gasteiger partial charge in [0, 0.05) is 12.4 Å². The van der Waals surface area contributed by atoms with Crippen molar-refractivity contribution < 1.29 is 0 Å². The van der Waals surface area contributed by atoms with Gasteiger partial charge in [-0.3, -0.25) is 4.98 Å². The fourth-order valence-electron chi connectivity index (χ4n) is 1.69. The van der Waals surface area contributed by atoms with Crippen LogP contribution in [0.15, 0.2) is 55.1 Å². The minimum atomic E-state index is 0.727. The smallest absolute Gasteiger partial charge is 0.116 e. The van der Waals surface area contributed by atoms with E-state index < -0.39 is 0 Å². The SMILES string of the molecule is c1ccc(CNc2ccc(-c3ccncn3)s2)nc1. The molecule has 0 aliphatic heterocycles. The van der Waals surface area contributed by atoms with Crippen LogP contribution in [-0.4, -0.2) is 15.0 Å². The molecule has 0 aromatic carbocycles. The molecular weight excluding hydrogens is 256 g/mol. The predicted octanol–water partition coefficient (Wildman–Crippen LogP) is 3.21. The predicted molar refractivity (Wildman–Crippen MR) is 76.9 cm³/mol. The number of nitrogens with one attached hydrogen (secondary N) is 1. The fraction of sp³-hybridized carbons (Fsp3) is 0.0714. The van der Waals surface area contributed by atoms with Crippen molar-refractivity contribution >= 4 is 16.3 Å². The molecule has 3 aromatic rings. The van der Waals surface area contributed by atoms with Crippen LogP contribution in [-0.2, 0) is 6.54 Å². The Hall–Kier alpha value is -2.27. The number of aromatic nitrogens is 3. The summed E-state index contributed by atoms with van der Waals surface area (Å²) in [5.74, 6) is 0. The van der Waals surface area contributed by atoms with Crippen LogP contribution in [0, 0.1) is 0 Å². The van der Waals surface area contributed by atoms with E-state index in [9.17, 15) is 0 Å². The molecule has 3 aromatic heterocycles. The van der Waals surface area contributed by atoms with Crippen molar-refractivity contribution in [2.75, 3.05) is 5.32 Å². The van der Waals surface area contributed by atoms with E-state index in [1.54, 1.807) is 30.1 Å². The molecular formula is C14H12N4S. The molecule has 94 valence electrons. The van der Waals surface area contributed by atoms with E-state index in [0.29, 0.717) is 0 Å². The molecule has 5 heteroatoms. The van der Waals surface area contributed by atoms with Gasteiger partial charge in [-0.15, -0.1) is 11.3 Å². The highest BCUT2D eigenvalue weighted by Crippen LogP contribution is 2.29. The molecule has 4 nitrogen and oxygen atoms in total. The Morgan fingerprint density at radius 3 is 2.79 bits per heavy atom. The number of hydrogen-bond donors (Lipinski definition) is 1. The van der Waals surface area contributed by atoms with Crippen molar-refractivity contribution in [1.82, 2.24) is 15.0 Å². The van der Waals surface area contributed by atoms with Crippen LogP contribution < -0.4 is 5.32 Å². The summed E-state index contributed by atoms with van der Waals surface area (Å²) in [7, 11) is 0. The van der Waals surface area contributed by atoms with Crippen molar-refractivity contribution in [1.29, 1.82) is 0 Å². The average molecular weight is 268 g/mol. The number of pyridine rings is 1. The molecule has 19 heavy (non-hydrogen) atoms. The maximum absolute atomic E-state index is 4.28. The molecule has 0 saturated carbocycles. The summed E-state index contributed by atoms with van der Waals surface area (Å²) in [5, 5.41) is 4.47. The first kappa shape index (κ1) is 11.8. The average Bonchev–Trinajstić information content (AvgIpc) is 2.96. The van der Waals surface area contributed by atoms with Crippen molar-refractivity contribution in [2.45, 2.75) is 6.54 Å². The zero-order valence-electron chi connectivity index (χ0n) is 10.2. The second-order valence-electron chi connectivity index (χ2n) is 3.93. The Labute approximate surface area is 115 Å². The number of anilines is 1. The largest absolute Gasteiger partial charge is 0.371 e. The van der Waals surface area contributed by atoms with Gasteiger partial charge < -0.3 is 5.32 Å². The van der Waals surface area contributed by atoms with E-state index in [0.717, 1.165) is 27.8 Å². The number of rotatable bonds is 4. The summed E-state index contributed by atoms with van der Waals surface area (Å²) in [6.45, 7) is 0.727. The molecule has 3 rings (SSSR count). The normalized spacial score (nSPS) is 10.3. The molecule has 3 heterocycles. The third-order valence-corrected chi connectivity index (χ3v) is 3.68. The first-order chi connectivity index (χ1) is 9.42. The summed E-state index contributed by atoms with van der Waals surface area (Å²) in [6.07, 6.45) is 5.12. The van der Waals surface area contributed by atoms with Gasteiger partial charge in [0.2, 0.25) is 0 Å². The molecule has 0 atom stereocenters. The quantitative estimate of drug-likeness (QED) is 0.789. The summed E-state index contributed by atoms with van der Waals surface area (Å²) >= 11 is 1.68. The summed E-state index contributed by atoms with van der Waals surface area (Å²) in [4.78, 5) is 13.6. The minimum absolute atomic E-state index is 0.727. The monoisotopic (exact) mass is 268 g/mol. The highest BCUT2D eigenvalue weighted by atomic mass is 32.1. The highest BCUT2D eigenvalue weighted by Gasteiger charge is 2.03. The third-order valence-electron chi connectivity index (χ3n) is 2.61. The second kappa shape index (κ2) is 5.58. The van der Waals surface area contributed by atoms with E-state index >= 15 is 0 Å². The maximum atomic E-state index is 4.28. The summed E-state index contributed by atoms with van der Waals surface area (Å²) in [6, 6.07) is 12.0. The topological polar surface area (TPSA) is 50.7 Å². The molecule has 0 unspecified atom stereocenters. The van der Waals surface area contributed by atoms with Crippen LogP contribution in [0.3, 0.4) is 0 Å². The third kappa shape index (κ3) is 2.95. The zero-order valence-corrected chi connectivity index (χ0v) is 11.0. The lowest BCUT2D eigenvalue weighted by molar-refractivity contribution is 1.05. The van der Waals surface area contributed by atoms with Crippen molar-refractivity contribution in [2.24, 2.45) is 0 Å². The van der Waals surface area contributed by atoms with Gasteiger partial charge in [-0.2, -0.15) is 0 Å². The van der Waals surface area contributed by atoms with Crippen LogP contribution in [0.4, 0.5) is 5.00 Å². The van der Waals surface area contributed by atoms with Crippen molar-refractivity contribution in [3.8, 4) is 10.6 Å². The molecule has 1 N–H and O–H groups in total. The van der Waals surface area contributed by atoms with Gasteiger partial charge in [0.1, 0.15) is 6.33 Å². The van der Waals surface area contributed by atoms with E-state index in [-0.39, 0.29) is 0 Å². The molecule has 0 bridgehead atoms. The van der Waals surface area contributed by atoms with E-state index in [4.69, 9.17) is 0 Å². The molecule has 0 aliphatic rings. The Morgan fingerprint density at radius 1 is 1.00 bits per heavy atom. The van der Waals surface area contributed by atoms with E-state index in [1.165, 1.54) is 0 Å². The van der Waals surface area contributed by atoms with Crippen LogP contribution in [0.5, 0.6) is 0 Å². The number of hydrogen-bond acceptors (Lipinski definition) is 5. The van der Waals surface area contributed by atoms with Gasteiger partial charge in [0.05, 0.1) is 27.8 Å². The second-order valence-corrected chi connectivity index (χ2v) is 5.02. The fourth-order valence-corrected chi connectivity index (χ4v) is 2.57. The summed E-state index contributed by atoms with van der Waals surface area (Å²) < 4.78 is 0. The maximum Gasteiger partial charge on any atom is 0.116 e. The molecule has 0 spiro atoms. The Morgan fingerprint density at radius 2 is 2.00 bits per heavy atom. The first-order valence-corrected chi connectivity index (χ1v) is 6.73. The van der Waals surface area contributed by atoms with Gasteiger partial charge in [-0.25, -0.2) is 9.97 Å². The molecule has 0 radical (unpaired) electrons. The van der Waals surface area contributed by atoms with Gasteiger partial charge in [0.15, 0.2) is 0 Å². The zero-order chi connectivity index (χ0) is 12.9. The van der Waals surface area contributed by atoms with Crippen LogP contribution in [0.1, 0.15) is 5.69 Å². The van der Waals surface area contributed by atoms with Crippen molar-refractivity contribution in [3.63, 3.8) is 0 Å². The van der Waals surface area contributed by atoms with Gasteiger partial charge >= 0.3 is 0 Å². The molecule has 0 saturated heterocycles. The van der Waals surface area contributed by atoms with Crippen LogP contribution >= 0.6 is 11.3 Å². The standard InChI is InChI=1S/C14H12N4S/c1-2-7-16-11(3-1)9-17-14-5-4-13(19-14)12-6-8-15-10-18-12/h1-8,10,17H,9H2. The number of nitrogens with zero attached hydrogens (tertiary/aromatic N) is 3. The van der Waals surface area contributed by atoms with Crippen LogP contribution in [0.2, 0.25) is 0 Å². The lowest BCUT2D eigenvalue weighted by atomic mass is 10.3. The van der Waals surface area contributed by atoms with Gasteiger partial charge in [-0.1, -0.05) is 6.07 Å². The lowest BCUT2D eigenvalue weighted by Crippen LogP contribution is -1.98. The van der Waals surface area contributed by atoms with Crippen molar-refractivity contribution in [3.05, 3.63) is 60.8 Å². The first-order valence-electron chi connectivity index (χ1n) is 5.92. The molecule has 0 fully saturated rings. The summed E-state index contributed by atoms with van der Waals surface area (Å²) in [5.41, 5.74) is 1.98. The Bertz CT molecular complexity index is 637. The highest BCUT2D eigenvalue weighted by molar-refractivity contribution is 7.19. The lowest BCUT2D eigenvalue weighted by Gasteiger charge is -2.02. The van der Waals surface area contributed by atoms with Gasteiger partial charge in [-0.05, 0) is 30.3 Å². The number of thiophene rings is 1. The molecule has 0 aliphatic carbocycles. The van der Waals surface area contributed by atoms with Gasteiger partial charge in [0.25, 0.3) is 0 Å². The van der Waals surface area contributed by atoms with E-state index in [1.807, 2.05) is 24.3 Å². The van der Waals surface area contributed by atoms with E-state index in [2.05, 4.69) is 32.4 Å². The minimum Gasteiger partial charge on any atom is -0.371 e. The Balaban J connectivity index is 1.69.